The quantitative estimate of drug-likeness (QED) is 0.634. The van der Waals surface area contributed by atoms with Crippen LogP contribution in [0.2, 0.25) is 0 Å². The van der Waals surface area contributed by atoms with Gasteiger partial charge in [0.25, 0.3) is 0 Å². The molecule has 0 aliphatic carbocycles. The molecule has 0 aliphatic heterocycles. The third kappa shape index (κ3) is 5.13. The van der Waals surface area contributed by atoms with Gasteiger partial charge in [0.1, 0.15) is 0 Å². The SMILES string of the molecule is CN=C(NCCc1cccs1)NCc1csc(C(C)C)n1. The molecule has 0 aliphatic rings. The number of aliphatic imine (C=N–C) groups is 1. The van der Waals surface area contributed by atoms with E-state index >= 15 is 0 Å². The van der Waals surface area contributed by atoms with Crippen LogP contribution in [0.1, 0.15) is 35.3 Å². The van der Waals surface area contributed by atoms with Crippen molar-refractivity contribution < 1.29 is 0 Å². The first-order valence-electron chi connectivity index (χ1n) is 7.10. The molecule has 21 heavy (non-hydrogen) atoms. The Balaban J connectivity index is 1.74. The third-order valence-electron chi connectivity index (χ3n) is 2.97. The molecule has 0 amide bonds. The number of hydrogen-bond acceptors (Lipinski definition) is 4. The fourth-order valence-electron chi connectivity index (χ4n) is 1.82. The summed E-state index contributed by atoms with van der Waals surface area (Å²) in [5, 5.41) is 12.0. The fraction of sp³-hybridized carbons (Fsp3) is 0.467. The van der Waals surface area contributed by atoms with Crippen LogP contribution in [-0.4, -0.2) is 24.5 Å². The van der Waals surface area contributed by atoms with Crippen LogP contribution < -0.4 is 10.6 Å². The van der Waals surface area contributed by atoms with E-state index < -0.39 is 0 Å². The molecule has 0 spiro atoms. The zero-order valence-corrected chi connectivity index (χ0v) is 14.4. The molecule has 114 valence electrons. The average molecular weight is 323 g/mol. The molecule has 2 heterocycles. The van der Waals surface area contributed by atoms with E-state index in [0.29, 0.717) is 12.5 Å². The summed E-state index contributed by atoms with van der Waals surface area (Å²) in [5.41, 5.74) is 1.07. The predicted octanol–water partition coefficient (Wildman–Crippen LogP) is 3.24. The van der Waals surface area contributed by atoms with Crippen LogP contribution in [-0.2, 0) is 13.0 Å². The van der Waals surface area contributed by atoms with Crippen molar-refractivity contribution in [1.29, 1.82) is 0 Å². The molecule has 4 nitrogen and oxygen atoms in total. The van der Waals surface area contributed by atoms with Gasteiger partial charge < -0.3 is 10.6 Å². The molecule has 0 fully saturated rings. The molecule has 0 radical (unpaired) electrons. The molecule has 0 unspecified atom stereocenters. The van der Waals surface area contributed by atoms with Gasteiger partial charge in [-0.1, -0.05) is 19.9 Å². The summed E-state index contributed by atoms with van der Waals surface area (Å²) in [6.45, 7) is 5.93. The Hall–Kier alpha value is -1.40. The minimum absolute atomic E-state index is 0.493. The fourth-order valence-corrected chi connectivity index (χ4v) is 3.37. The Kier molecular flexibility index (Phi) is 6.20. The summed E-state index contributed by atoms with van der Waals surface area (Å²) in [5.74, 6) is 1.32. The Morgan fingerprint density at radius 3 is 2.81 bits per heavy atom. The molecule has 2 N–H and O–H groups in total. The van der Waals surface area contributed by atoms with Gasteiger partial charge in [-0.15, -0.1) is 22.7 Å². The molecule has 0 atom stereocenters. The number of hydrogen-bond donors (Lipinski definition) is 2. The van der Waals surface area contributed by atoms with E-state index in [-0.39, 0.29) is 0 Å². The van der Waals surface area contributed by atoms with Crippen LogP contribution in [0.15, 0.2) is 27.9 Å². The molecule has 2 rings (SSSR count). The van der Waals surface area contributed by atoms with Gasteiger partial charge in [-0.25, -0.2) is 4.98 Å². The maximum Gasteiger partial charge on any atom is 0.191 e. The highest BCUT2D eigenvalue weighted by Gasteiger charge is 2.06. The number of nitrogens with one attached hydrogen (secondary N) is 2. The maximum absolute atomic E-state index is 4.61. The standard InChI is InChI=1S/C15H22N4S2/c1-11(2)14-19-12(10-21-14)9-18-15(16-3)17-7-6-13-5-4-8-20-13/h4-5,8,10-11H,6-7,9H2,1-3H3,(H2,16,17,18). The zero-order valence-electron chi connectivity index (χ0n) is 12.7. The van der Waals surface area contributed by atoms with Crippen molar-refractivity contribution in [2.75, 3.05) is 13.6 Å². The second-order valence-electron chi connectivity index (χ2n) is 5.01. The molecule has 0 aromatic carbocycles. The lowest BCUT2D eigenvalue weighted by Gasteiger charge is -2.10. The van der Waals surface area contributed by atoms with Crippen LogP contribution in [0.4, 0.5) is 0 Å². The molecule has 0 saturated heterocycles. The van der Waals surface area contributed by atoms with Gasteiger partial charge >= 0.3 is 0 Å². The first-order valence-corrected chi connectivity index (χ1v) is 8.86. The zero-order chi connectivity index (χ0) is 15.1. The third-order valence-corrected chi connectivity index (χ3v) is 5.10. The van der Waals surface area contributed by atoms with Crippen LogP contribution >= 0.6 is 22.7 Å². The molecular formula is C15H22N4S2. The van der Waals surface area contributed by atoms with Crippen molar-refractivity contribution in [3.8, 4) is 0 Å². The van der Waals surface area contributed by atoms with Crippen LogP contribution in [0.5, 0.6) is 0 Å². The highest BCUT2D eigenvalue weighted by atomic mass is 32.1. The number of thiazole rings is 1. The topological polar surface area (TPSA) is 49.3 Å². The lowest BCUT2D eigenvalue weighted by molar-refractivity contribution is 0.778. The van der Waals surface area contributed by atoms with Gasteiger partial charge in [-0.2, -0.15) is 0 Å². The van der Waals surface area contributed by atoms with Crippen LogP contribution in [0.25, 0.3) is 0 Å². The first-order chi connectivity index (χ1) is 10.2. The smallest absolute Gasteiger partial charge is 0.191 e. The van der Waals surface area contributed by atoms with Crippen molar-refractivity contribution in [2.45, 2.75) is 32.7 Å². The number of rotatable bonds is 6. The summed E-state index contributed by atoms with van der Waals surface area (Å²) in [7, 11) is 1.79. The monoisotopic (exact) mass is 322 g/mol. The molecule has 2 aromatic heterocycles. The Labute approximate surface area is 134 Å². The van der Waals surface area contributed by atoms with Gasteiger partial charge in [0.15, 0.2) is 5.96 Å². The van der Waals surface area contributed by atoms with Crippen molar-refractivity contribution >= 4 is 28.6 Å². The van der Waals surface area contributed by atoms with Gasteiger partial charge in [-0.05, 0) is 17.9 Å². The van der Waals surface area contributed by atoms with E-state index in [9.17, 15) is 0 Å². The summed E-state index contributed by atoms with van der Waals surface area (Å²) < 4.78 is 0. The van der Waals surface area contributed by atoms with Crippen LogP contribution in [0.3, 0.4) is 0 Å². The summed E-state index contributed by atoms with van der Waals surface area (Å²) in [6, 6.07) is 4.24. The molecule has 6 heteroatoms. The van der Waals surface area contributed by atoms with Gasteiger partial charge in [0, 0.05) is 29.8 Å². The molecule has 0 bridgehead atoms. The highest BCUT2D eigenvalue weighted by Crippen LogP contribution is 2.18. The first kappa shape index (κ1) is 16.0. The van der Waals surface area contributed by atoms with Gasteiger partial charge in [-0.3, -0.25) is 4.99 Å². The maximum atomic E-state index is 4.61. The van der Waals surface area contributed by atoms with Crippen molar-refractivity contribution in [1.82, 2.24) is 15.6 Å². The lowest BCUT2D eigenvalue weighted by atomic mass is 10.2. The minimum Gasteiger partial charge on any atom is -0.356 e. The van der Waals surface area contributed by atoms with Crippen molar-refractivity contribution in [3.63, 3.8) is 0 Å². The van der Waals surface area contributed by atoms with E-state index in [4.69, 9.17) is 0 Å². The van der Waals surface area contributed by atoms with Gasteiger partial charge in [0.2, 0.25) is 0 Å². The minimum atomic E-state index is 0.493. The van der Waals surface area contributed by atoms with E-state index in [1.807, 2.05) is 0 Å². The van der Waals surface area contributed by atoms with E-state index in [2.05, 4.69) is 57.4 Å². The summed E-state index contributed by atoms with van der Waals surface area (Å²) in [6.07, 6.45) is 1.02. The van der Waals surface area contributed by atoms with Crippen LogP contribution in [0, 0.1) is 0 Å². The molecular weight excluding hydrogens is 300 g/mol. The highest BCUT2D eigenvalue weighted by molar-refractivity contribution is 7.10. The lowest BCUT2D eigenvalue weighted by Crippen LogP contribution is -2.37. The van der Waals surface area contributed by atoms with Crippen molar-refractivity contribution in [3.05, 3.63) is 38.5 Å². The second-order valence-corrected chi connectivity index (χ2v) is 6.94. The normalized spacial score (nSPS) is 11.9. The summed E-state index contributed by atoms with van der Waals surface area (Å²) in [4.78, 5) is 10.2. The number of nitrogens with zero attached hydrogens (tertiary/aromatic N) is 2. The Morgan fingerprint density at radius 2 is 2.19 bits per heavy atom. The molecule has 0 saturated carbocycles. The molecule has 2 aromatic rings. The second kappa shape index (κ2) is 8.14. The number of aromatic nitrogens is 1. The van der Waals surface area contributed by atoms with E-state index in [0.717, 1.165) is 24.6 Å². The van der Waals surface area contributed by atoms with E-state index in [1.165, 1.54) is 9.88 Å². The average Bonchev–Trinajstić information content (AvgIpc) is 3.13. The Bertz CT molecular complexity index is 558. The van der Waals surface area contributed by atoms with E-state index in [1.54, 1.807) is 29.7 Å². The predicted molar refractivity (Wildman–Crippen MR) is 92.4 cm³/mol. The Morgan fingerprint density at radius 1 is 1.33 bits per heavy atom. The number of thiophene rings is 1. The van der Waals surface area contributed by atoms with Gasteiger partial charge in [0.05, 0.1) is 17.2 Å². The number of guanidine groups is 1. The summed E-state index contributed by atoms with van der Waals surface area (Å²) >= 11 is 3.51. The largest absolute Gasteiger partial charge is 0.356 e. The van der Waals surface area contributed by atoms with Crippen molar-refractivity contribution in [2.24, 2.45) is 4.99 Å².